The van der Waals surface area contributed by atoms with Gasteiger partial charge in [-0.3, -0.25) is 0 Å². The molecule has 3 nitrogen and oxygen atoms in total. The summed E-state index contributed by atoms with van der Waals surface area (Å²) in [6.45, 7) is 13.4. The topological polar surface area (TPSA) is 31.2 Å². The molecule has 25 heavy (non-hydrogen) atoms. The van der Waals surface area contributed by atoms with Gasteiger partial charge in [-0.1, -0.05) is 24.3 Å². The molecule has 1 heterocycles. The minimum Gasteiger partial charge on any atom is -0.443 e. The summed E-state index contributed by atoms with van der Waals surface area (Å²) in [5.74, 6) is 0. The fourth-order valence-electron chi connectivity index (χ4n) is 2.70. The lowest BCUT2D eigenvalue weighted by Gasteiger charge is -2.21. The molecule has 0 saturated heterocycles. The van der Waals surface area contributed by atoms with E-state index in [-0.39, 0.29) is 6.09 Å². The molecule has 0 amide bonds. The molecule has 2 rings (SSSR count). The van der Waals surface area contributed by atoms with E-state index in [1.54, 1.807) is 4.57 Å². The van der Waals surface area contributed by atoms with Gasteiger partial charge < -0.3 is 4.74 Å². The predicted molar refractivity (Wildman–Crippen MR) is 105 cm³/mol. The van der Waals surface area contributed by atoms with E-state index in [0.29, 0.717) is 0 Å². The SMILES string of the molecule is C=CCCC(C)=C=C(C)c1cc2ccccc2n1C(=O)OC(C)(C)C. The van der Waals surface area contributed by atoms with Gasteiger partial charge in [0, 0.05) is 11.0 Å². The van der Waals surface area contributed by atoms with Crippen LogP contribution in [-0.2, 0) is 4.74 Å². The first-order valence-electron chi connectivity index (χ1n) is 8.61. The maximum atomic E-state index is 12.8. The third kappa shape index (κ3) is 4.74. The number of aromatic nitrogens is 1. The number of hydrogen-bond donors (Lipinski definition) is 0. The van der Waals surface area contributed by atoms with Gasteiger partial charge in [0.1, 0.15) is 5.60 Å². The number of carbonyl (C=O) groups is 1. The highest BCUT2D eigenvalue weighted by atomic mass is 16.6. The highest BCUT2D eigenvalue weighted by Crippen LogP contribution is 2.26. The van der Waals surface area contributed by atoms with Crippen molar-refractivity contribution in [1.82, 2.24) is 4.57 Å². The zero-order valence-electron chi connectivity index (χ0n) is 15.8. The van der Waals surface area contributed by atoms with E-state index < -0.39 is 5.60 Å². The van der Waals surface area contributed by atoms with Gasteiger partial charge in [-0.15, -0.1) is 12.3 Å². The molecule has 0 aliphatic carbocycles. The van der Waals surface area contributed by atoms with Crippen LogP contribution < -0.4 is 0 Å². The van der Waals surface area contributed by atoms with Crippen molar-refractivity contribution in [2.45, 2.75) is 53.1 Å². The van der Waals surface area contributed by atoms with Crippen molar-refractivity contribution in [3.05, 3.63) is 60.0 Å². The molecule has 0 fully saturated rings. The molecule has 1 aromatic carbocycles. The van der Waals surface area contributed by atoms with Gasteiger partial charge in [0.15, 0.2) is 0 Å². The molecule has 1 aromatic heterocycles. The molecule has 132 valence electrons. The van der Waals surface area contributed by atoms with Gasteiger partial charge >= 0.3 is 6.09 Å². The monoisotopic (exact) mass is 337 g/mol. The van der Waals surface area contributed by atoms with E-state index in [1.807, 2.05) is 71.0 Å². The lowest BCUT2D eigenvalue weighted by molar-refractivity contribution is 0.0543. The minimum absolute atomic E-state index is 0.367. The molecule has 3 heteroatoms. The van der Waals surface area contributed by atoms with Crippen LogP contribution in [0.25, 0.3) is 16.5 Å². The summed E-state index contributed by atoms with van der Waals surface area (Å²) < 4.78 is 7.26. The second kappa shape index (κ2) is 7.58. The third-order valence-electron chi connectivity index (χ3n) is 3.80. The first kappa shape index (κ1) is 18.8. The van der Waals surface area contributed by atoms with Crippen molar-refractivity contribution in [2.24, 2.45) is 0 Å². The summed E-state index contributed by atoms with van der Waals surface area (Å²) in [4.78, 5) is 12.8. The summed E-state index contributed by atoms with van der Waals surface area (Å²) in [5, 5.41) is 1.01. The molecule has 0 N–H and O–H groups in total. The maximum Gasteiger partial charge on any atom is 0.419 e. The third-order valence-corrected chi connectivity index (χ3v) is 3.80. The average molecular weight is 337 g/mol. The van der Waals surface area contributed by atoms with Crippen molar-refractivity contribution in [3.8, 4) is 0 Å². The zero-order chi connectivity index (χ0) is 18.6. The van der Waals surface area contributed by atoms with Crippen LogP contribution in [0.5, 0.6) is 0 Å². The summed E-state index contributed by atoms with van der Waals surface area (Å²) in [6.07, 6.45) is 3.36. The lowest BCUT2D eigenvalue weighted by Crippen LogP contribution is -2.27. The van der Waals surface area contributed by atoms with Gasteiger partial charge in [0.2, 0.25) is 0 Å². The molecule has 0 radical (unpaired) electrons. The number of para-hydroxylation sites is 1. The Kier molecular flexibility index (Phi) is 5.71. The summed E-state index contributed by atoms with van der Waals surface area (Å²) in [6, 6.07) is 9.85. The van der Waals surface area contributed by atoms with Crippen LogP contribution in [0.2, 0.25) is 0 Å². The Hall–Kier alpha value is -2.51. The van der Waals surface area contributed by atoms with Crippen LogP contribution in [0.1, 0.15) is 53.2 Å². The lowest BCUT2D eigenvalue weighted by atomic mass is 10.1. The largest absolute Gasteiger partial charge is 0.443 e. The number of benzene rings is 1. The first-order valence-corrected chi connectivity index (χ1v) is 8.61. The summed E-state index contributed by atoms with van der Waals surface area (Å²) >= 11 is 0. The van der Waals surface area contributed by atoms with E-state index in [2.05, 4.69) is 12.3 Å². The molecule has 0 unspecified atom stereocenters. The summed E-state index contributed by atoms with van der Waals surface area (Å²) in [5.41, 5.74) is 6.57. The molecule has 0 aliphatic heterocycles. The number of carbonyl (C=O) groups excluding carboxylic acids is 1. The number of nitrogens with zero attached hydrogens (tertiary/aromatic N) is 1. The maximum absolute atomic E-state index is 12.8. The Labute approximate surface area is 150 Å². The highest BCUT2D eigenvalue weighted by Gasteiger charge is 2.22. The van der Waals surface area contributed by atoms with Gasteiger partial charge in [-0.05, 0) is 65.2 Å². The van der Waals surface area contributed by atoms with Gasteiger partial charge in [0.25, 0.3) is 0 Å². The predicted octanol–water partition coefficient (Wildman–Crippen LogP) is 6.34. The van der Waals surface area contributed by atoms with Crippen molar-refractivity contribution in [3.63, 3.8) is 0 Å². The van der Waals surface area contributed by atoms with Crippen molar-refractivity contribution in [2.75, 3.05) is 0 Å². The first-order chi connectivity index (χ1) is 11.7. The standard InChI is InChI=1S/C22H27NO2/c1-7-8-11-16(2)14-17(3)20-15-18-12-9-10-13-19(18)23(20)21(24)25-22(4,5)6/h7,9-10,12-13,15H,1,8,11H2,2-6H3. The smallest absolute Gasteiger partial charge is 0.419 e. The van der Waals surface area contributed by atoms with Crippen molar-refractivity contribution in [1.29, 1.82) is 0 Å². The number of ether oxygens (including phenoxy) is 1. The average Bonchev–Trinajstić information content (AvgIpc) is 2.91. The molecule has 0 aliphatic rings. The van der Waals surface area contributed by atoms with Gasteiger partial charge in [-0.25, -0.2) is 9.36 Å². The number of fused-ring (bicyclic) bond motifs is 1. The Morgan fingerprint density at radius 3 is 2.60 bits per heavy atom. The fraction of sp³-hybridized carbons (Fsp3) is 0.364. The minimum atomic E-state index is -0.549. The second-order valence-corrected chi connectivity index (χ2v) is 7.26. The summed E-state index contributed by atoms with van der Waals surface area (Å²) in [7, 11) is 0. The Bertz CT molecular complexity index is 856. The van der Waals surface area contributed by atoms with E-state index in [1.165, 1.54) is 0 Å². The Morgan fingerprint density at radius 1 is 1.28 bits per heavy atom. The van der Waals surface area contributed by atoms with Crippen LogP contribution in [0.15, 0.2) is 54.3 Å². The zero-order valence-corrected chi connectivity index (χ0v) is 15.8. The van der Waals surface area contributed by atoms with E-state index >= 15 is 0 Å². The van der Waals surface area contributed by atoms with E-state index in [4.69, 9.17) is 4.74 Å². The highest BCUT2D eigenvalue weighted by molar-refractivity contribution is 5.94. The van der Waals surface area contributed by atoms with Crippen LogP contribution >= 0.6 is 0 Å². The molecule has 2 aromatic rings. The normalized spacial score (nSPS) is 11.1. The van der Waals surface area contributed by atoms with Gasteiger partial charge in [0.05, 0.1) is 11.2 Å². The number of rotatable bonds is 4. The Morgan fingerprint density at radius 2 is 1.96 bits per heavy atom. The molecular weight excluding hydrogens is 310 g/mol. The quantitative estimate of drug-likeness (QED) is 0.481. The number of allylic oxidation sites excluding steroid dienone is 2. The van der Waals surface area contributed by atoms with Crippen LogP contribution in [0.4, 0.5) is 4.79 Å². The molecule has 0 spiro atoms. The van der Waals surface area contributed by atoms with Crippen LogP contribution in [0.3, 0.4) is 0 Å². The van der Waals surface area contributed by atoms with E-state index in [9.17, 15) is 4.79 Å². The van der Waals surface area contributed by atoms with Crippen LogP contribution in [0, 0.1) is 0 Å². The van der Waals surface area contributed by atoms with Gasteiger partial charge in [-0.2, -0.15) is 0 Å². The number of hydrogen-bond acceptors (Lipinski definition) is 2. The second-order valence-electron chi connectivity index (χ2n) is 7.26. The van der Waals surface area contributed by atoms with Crippen molar-refractivity contribution < 1.29 is 9.53 Å². The fourth-order valence-corrected chi connectivity index (χ4v) is 2.70. The molecular formula is C22H27NO2. The van der Waals surface area contributed by atoms with E-state index in [0.717, 1.165) is 40.6 Å². The molecule has 0 atom stereocenters. The molecule has 0 bridgehead atoms. The van der Waals surface area contributed by atoms with Crippen molar-refractivity contribution >= 4 is 22.6 Å². The van der Waals surface area contributed by atoms with Crippen LogP contribution in [-0.4, -0.2) is 16.3 Å². The Balaban J connectivity index is 2.60. The molecule has 0 saturated carbocycles.